The fourth-order valence-corrected chi connectivity index (χ4v) is 9.39. The van der Waals surface area contributed by atoms with Crippen LogP contribution in [0.25, 0.3) is 0 Å². The number of ether oxygens (including phenoxy) is 1. The number of carbonyl (C=O) groups is 3. The predicted octanol–water partition coefficient (Wildman–Crippen LogP) is 3.75. The molecule has 2 amide bonds. The summed E-state index contributed by atoms with van der Waals surface area (Å²) < 4.78 is 4.66. The average Bonchev–Trinajstić information content (AvgIpc) is 3.49. The molecule has 0 aliphatic carbocycles. The van der Waals surface area contributed by atoms with Gasteiger partial charge in [0.25, 0.3) is 0 Å². The summed E-state index contributed by atoms with van der Waals surface area (Å²) in [5.41, 5.74) is 3.58. The van der Waals surface area contributed by atoms with E-state index in [1.54, 1.807) is 23.6 Å². The third-order valence-electron chi connectivity index (χ3n) is 8.64. The zero-order chi connectivity index (χ0) is 27.2. The number of esters is 1. The lowest BCUT2D eigenvalue weighted by atomic mass is 9.66. The van der Waals surface area contributed by atoms with Crippen molar-refractivity contribution in [1.82, 2.24) is 4.90 Å². The molecule has 0 saturated carbocycles. The molecule has 8 heteroatoms. The van der Waals surface area contributed by atoms with E-state index in [4.69, 9.17) is 4.74 Å². The summed E-state index contributed by atoms with van der Waals surface area (Å²) in [7, 11) is 0. The molecule has 3 fully saturated rings. The van der Waals surface area contributed by atoms with Gasteiger partial charge in [0.05, 0.1) is 35.8 Å². The molecule has 5 rings (SSSR count). The van der Waals surface area contributed by atoms with Crippen LogP contribution in [0.2, 0.25) is 0 Å². The van der Waals surface area contributed by atoms with Gasteiger partial charge in [0, 0.05) is 10.9 Å². The number of para-hydroxylation sites is 1. The fraction of sp³-hybridized carbons (Fsp3) is 0.500. The third kappa shape index (κ3) is 4.13. The van der Waals surface area contributed by atoms with Crippen molar-refractivity contribution in [3.8, 4) is 0 Å². The summed E-state index contributed by atoms with van der Waals surface area (Å²) in [6.07, 6.45) is 1.15. The van der Waals surface area contributed by atoms with E-state index in [9.17, 15) is 19.5 Å². The van der Waals surface area contributed by atoms with E-state index in [2.05, 4.69) is 12.2 Å². The lowest BCUT2D eigenvalue weighted by Gasteiger charge is -2.40. The molecule has 7 nitrogen and oxygen atoms in total. The quantitative estimate of drug-likeness (QED) is 0.499. The molecule has 3 heterocycles. The van der Waals surface area contributed by atoms with Crippen molar-refractivity contribution in [1.29, 1.82) is 0 Å². The van der Waals surface area contributed by atoms with Crippen LogP contribution in [0.15, 0.2) is 48.5 Å². The van der Waals surface area contributed by atoms with Crippen LogP contribution in [-0.4, -0.2) is 63.1 Å². The first-order valence-electron chi connectivity index (χ1n) is 13.4. The van der Waals surface area contributed by atoms with Crippen LogP contribution >= 0.6 is 11.8 Å². The number of aliphatic hydroxyl groups is 1. The van der Waals surface area contributed by atoms with E-state index in [-0.39, 0.29) is 42.2 Å². The van der Waals surface area contributed by atoms with Gasteiger partial charge in [-0.15, -0.1) is 11.8 Å². The van der Waals surface area contributed by atoms with Gasteiger partial charge in [0.1, 0.15) is 6.04 Å². The Kier molecular flexibility index (Phi) is 7.31. The predicted molar refractivity (Wildman–Crippen MR) is 148 cm³/mol. The van der Waals surface area contributed by atoms with E-state index < -0.39 is 28.7 Å². The molecular weight excluding hydrogens is 500 g/mol. The smallest absolute Gasteiger partial charge is 0.310 e. The molecule has 3 aliphatic heterocycles. The van der Waals surface area contributed by atoms with E-state index in [1.165, 1.54) is 0 Å². The highest BCUT2D eigenvalue weighted by molar-refractivity contribution is 8.02. The molecule has 3 saturated heterocycles. The summed E-state index contributed by atoms with van der Waals surface area (Å²) in [6, 6.07) is 14.1. The Hall–Kier alpha value is -2.84. The second-order valence-electron chi connectivity index (χ2n) is 10.8. The lowest BCUT2D eigenvalue weighted by molar-refractivity contribution is -0.154. The summed E-state index contributed by atoms with van der Waals surface area (Å²) >= 11 is 1.61. The van der Waals surface area contributed by atoms with Gasteiger partial charge in [-0.05, 0) is 56.2 Å². The molecule has 2 bridgehead atoms. The van der Waals surface area contributed by atoms with Gasteiger partial charge in [-0.1, -0.05) is 55.5 Å². The van der Waals surface area contributed by atoms with Gasteiger partial charge in [-0.2, -0.15) is 0 Å². The highest BCUT2D eigenvalue weighted by Crippen LogP contribution is 2.69. The third-order valence-corrected chi connectivity index (χ3v) is 10.7. The zero-order valence-electron chi connectivity index (χ0n) is 22.3. The minimum atomic E-state index is -0.829. The average molecular weight is 537 g/mol. The Balaban J connectivity index is 1.59. The van der Waals surface area contributed by atoms with Crippen molar-refractivity contribution in [2.45, 2.75) is 62.6 Å². The summed E-state index contributed by atoms with van der Waals surface area (Å²) in [5, 5.41) is 13.7. The Morgan fingerprint density at radius 2 is 1.84 bits per heavy atom. The number of nitrogens with one attached hydrogen (secondary N) is 1. The van der Waals surface area contributed by atoms with Crippen LogP contribution in [-0.2, 0) is 25.5 Å². The van der Waals surface area contributed by atoms with E-state index in [1.807, 2.05) is 62.4 Å². The number of thioether (sulfide) groups is 1. The number of carbonyl (C=O) groups excluding carboxylic acids is 3. The van der Waals surface area contributed by atoms with Gasteiger partial charge in [-0.3, -0.25) is 14.4 Å². The van der Waals surface area contributed by atoms with E-state index >= 15 is 0 Å². The van der Waals surface area contributed by atoms with Crippen molar-refractivity contribution < 1.29 is 24.2 Å². The lowest BCUT2D eigenvalue weighted by Crippen LogP contribution is -2.57. The number of amides is 2. The Morgan fingerprint density at radius 1 is 1.16 bits per heavy atom. The minimum absolute atomic E-state index is 0.0342. The van der Waals surface area contributed by atoms with Crippen LogP contribution < -0.4 is 5.32 Å². The molecule has 202 valence electrons. The van der Waals surface area contributed by atoms with Gasteiger partial charge in [-0.25, -0.2) is 0 Å². The maximum Gasteiger partial charge on any atom is 0.310 e. The largest absolute Gasteiger partial charge is 0.466 e. The molecule has 7 atom stereocenters. The number of rotatable bonds is 8. The minimum Gasteiger partial charge on any atom is -0.466 e. The Bertz CT molecular complexity index is 1220. The van der Waals surface area contributed by atoms with E-state index in [0.717, 1.165) is 28.8 Å². The van der Waals surface area contributed by atoms with Crippen LogP contribution in [0.1, 0.15) is 37.0 Å². The van der Waals surface area contributed by atoms with Crippen molar-refractivity contribution in [3.05, 3.63) is 65.2 Å². The summed E-state index contributed by atoms with van der Waals surface area (Å²) in [5.74, 6) is -2.10. The first-order valence-corrected chi connectivity index (χ1v) is 14.3. The topological polar surface area (TPSA) is 95.9 Å². The number of fused-ring (bicyclic) bond motifs is 1. The van der Waals surface area contributed by atoms with Crippen LogP contribution in [0, 0.1) is 31.6 Å². The number of anilines is 1. The highest BCUT2D eigenvalue weighted by Gasteiger charge is 2.76. The molecule has 2 N–H and O–H groups in total. The van der Waals surface area contributed by atoms with Crippen molar-refractivity contribution in [3.63, 3.8) is 0 Å². The molecular formula is C30H36N2O5S. The van der Waals surface area contributed by atoms with Crippen LogP contribution in [0.4, 0.5) is 5.69 Å². The number of likely N-dealkylation sites (tertiary alicyclic amines) is 1. The molecule has 38 heavy (non-hydrogen) atoms. The van der Waals surface area contributed by atoms with Gasteiger partial charge in [0.2, 0.25) is 11.8 Å². The SMILES string of the molecule is CCOC(=O)[C@@H]1[C@H]2C(=O)N([C@@H](CO)Cc3ccccc3)C(C(=O)Nc3c(C)cccc3C)C23S[C@@H]1CC3C. The van der Waals surface area contributed by atoms with Gasteiger partial charge in [0.15, 0.2) is 0 Å². The first kappa shape index (κ1) is 26.8. The first-order chi connectivity index (χ1) is 18.2. The molecule has 2 aromatic rings. The zero-order valence-corrected chi connectivity index (χ0v) is 23.2. The number of aliphatic hydroxyl groups excluding tert-OH is 1. The number of benzene rings is 2. The summed E-state index contributed by atoms with van der Waals surface area (Å²) in [6.45, 7) is 7.70. The fourth-order valence-electron chi connectivity index (χ4n) is 7.00. The molecule has 2 aromatic carbocycles. The van der Waals surface area contributed by atoms with Crippen molar-refractivity contribution >= 4 is 35.2 Å². The molecule has 3 unspecified atom stereocenters. The van der Waals surface area contributed by atoms with Crippen molar-refractivity contribution in [2.24, 2.45) is 17.8 Å². The maximum absolute atomic E-state index is 14.3. The second-order valence-corrected chi connectivity index (χ2v) is 12.4. The van der Waals surface area contributed by atoms with Crippen LogP contribution in [0.3, 0.4) is 0 Å². The normalized spacial score (nSPS) is 30.3. The molecule has 3 aliphatic rings. The standard InChI is InChI=1S/C30H36N2O5S/c1-5-37-29(36)23-22-14-19(4)30(38-22)24(23)28(35)32(21(16-33)15-20-12-7-6-8-13-20)26(30)27(34)31-25-17(2)10-9-11-18(25)3/h6-13,19,21-24,26,33H,5,14-16H2,1-4H3,(H,31,34)/t19?,21-,22-,23+,24+,26?,30?/m1/s1. The number of hydrogen-bond acceptors (Lipinski definition) is 6. The van der Waals surface area contributed by atoms with Gasteiger partial charge >= 0.3 is 5.97 Å². The van der Waals surface area contributed by atoms with Crippen LogP contribution in [0.5, 0.6) is 0 Å². The number of aryl methyl sites for hydroxylation is 2. The molecule has 0 aromatic heterocycles. The number of nitrogens with zero attached hydrogens (tertiary/aromatic N) is 1. The van der Waals surface area contributed by atoms with Gasteiger partial charge < -0.3 is 20.1 Å². The number of hydrogen-bond donors (Lipinski definition) is 2. The Morgan fingerprint density at radius 3 is 2.47 bits per heavy atom. The molecule has 1 spiro atoms. The van der Waals surface area contributed by atoms with Crippen molar-refractivity contribution in [2.75, 3.05) is 18.5 Å². The second kappa shape index (κ2) is 10.4. The molecule has 0 radical (unpaired) electrons. The van der Waals surface area contributed by atoms with E-state index in [0.29, 0.717) is 6.42 Å². The summed E-state index contributed by atoms with van der Waals surface area (Å²) in [4.78, 5) is 43.4. The Labute approximate surface area is 228 Å². The maximum atomic E-state index is 14.3. The monoisotopic (exact) mass is 536 g/mol. The highest BCUT2D eigenvalue weighted by atomic mass is 32.2.